The number of carbonyl (C=O) groups is 2. The molecule has 0 fully saturated rings. The largest absolute Gasteiger partial charge is 0.551 e. The van der Waals surface area contributed by atoms with Crippen LogP contribution in [0.15, 0.2) is 12.1 Å². The van der Waals surface area contributed by atoms with Crippen molar-refractivity contribution in [3.8, 4) is 11.5 Å². The topological polar surface area (TPSA) is 52.6 Å². The molecular weight excluding hydrogens is 249 g/mol. The summed E-state index contributed by atoms with van der Waals surface area (Å²) in [6, 6.07) is 5.54. The number of hydrogen-bond acceptors (Lipinski definition) is 4. The van der Waals surface area contributed by atoms with Crippen LogP contribution in [0.25, 0.3) is 0 Å². The van der Waals surface area contributed by atoms with Gasteiger partial charge in [0.15, 0.2) is 0 Å². The summed E-state index contributed by atoms with van der Waals surface area (Å²) in [4.78, 5) is 21.1. The van der Waals surface area contributed by atoms with Crippen molar-refractivity contribution in [1.82, 2.24) is 0 Å². The third kappa shape index (κ3) is 3.80. The Kier molecular flexibility index (Phi) is 5.79. The Bertz CT molecular complexity index is 362. The van der Waals surface area contributed by atoms with E-state index < -0.39 is 5.97 Å². The minimum absolute atomic E-state index is 0. The van der Waals surface area contributed by atoms with Gasteiger partial charge < -0.3 is 14.3 Å². The van der Waals surface area contributed by atoms with Crippen LogP contribution in [0.2, 0.25) is 0 Å². The molecule has 0 unspecified atom stereocenters. The average molecular weight is 259 g/mol. The predicted molar refractivity (Wildman–Crippen MR) is 48.5 cm³/mol. The van der Waals surface area contributed by atoms with Crippen LogP contribution in [0.1, 0.15) is 17.3 Å². The first-order valence-electron chi connectivity index (χ1n) is 3.90. The number of ether oxygens (including phenoxy) is 2. The van der Waals surface area contributed by atoms with Gasteiger partial charge in [0.2, 0.25) is 0 Å². The molecule has 0 saturated heterocycles. The Balaban J connectivity index is 0.00000196. The van der Waals surface area contributed by atoms with E-state index in [0.717, 1.165) is 0 Å². The zero-order valence-electron chi connectivity index (χ0n) is 8.57. The first-order valence-corrected chi connectivity index (χ1v) is 3.90. The van der Waals surface area contributed by atoms with Crippen molar-refractivity contribution in [1.29, 1.82) is 0 Å². The van der Waals surface area contributed by atoms with Crippen LogP contribution in [0, 0.1) is 6.07 Å². The van der Waals surface area contributed by atoms with Crippen LogP contribution in [-0.4, -0.2) is 19.4 Å². The molecule has 0 N–H and O–H groups in total. The smallest absolute Gasteiger partial charge is 0.306 e. The summed E-state index contributed by atoms with van der Waals surface area (Å²) in [5, 5.41) is 0. The molecule has 1 aromatic rings. The quantitative estimate of drug-likeness (QED) is 0.269. The molecule has 0 spiro atoms. The number of aldehydes is 1. The second kappa shape index (κ2) is 6.30. The van der Waals surface area contributed by atoms with Crippen molar-refractivity contribution in [2.75, 3.05) is 7.11 Å². The molecule has 0 aromatic heterocycles. The zero-order chi connectivity index (χ0) is 10.6. The van der Waals surface area contributed by atoms with Gasteiger partial charge in [0.05, 0.1) is 19.1 Å². The monoisotopic (exact) mass is 257 g/mol. The number of esters is 1. The molecule has 0 saturated carbocycles. The van der Waals surface area contributed by atoms with Gasteiger partial charge >= 0.3 is 5.97 Å². The van der Waals surface area contributed by atoms with Gasteiger partial charge in [0.25, 0.3) is 0 Å². The Labute approximate surface area is 100 Å². The van der Waals surface area contributed by atoms with E-state index in [2.05, 4.69) is 6.07 Å². The van der Waals surface area contributed by atoms with Crippen LogP contribution in [0.3, 0.4) is 0 Å². The van der Waals surface area contributed by atoms with Crippen molar-refractivity contribution >= 4 is 12.3 Å². The Hall–Kier alpha value is -1.22. The molecule has 0 bridgehead atoms. The van der Waals surface area contributed by atoms with E-state index in [4.69, 9.17) is 9.47 Å². The molecular formula is C10H9O4Zn-. The Morgan fingerprint density at radius 1 is 1.53 bits per heavy atom. The molecule has 1 aromatic carbocycles. The summed E-state index contributed by atoms with van der Waals surface area (Å²) in [6.07, 6.45) is 0.663. The van der Waals surface area contributed by atoms with Crippen LogP contribution < -0.4 is 9.47 Å². The molecule has 1 rings (SSSR count). The molecule has 0 atom stereocenters. The maximum atomic E-state index is 10.7. The van der Waals surface area contributed by atoms with Gasteiger partial charge in [-0.15, -0.1) is 12.1 Å². The number of benzene rings is 1. The van der Waals surface area contributed by atoms with Crippen LogP contribution >= 0.6 is 0 Å². The van der Waals surface area contributed by atoms with Crippen molar-refractivity contribution < 1.29 is 38.5 Å². The summed E-state index contributed by atoms with van der Waals surface area (Å²) in [7, 11) is 1.42. The van der Waals surface area contributed by atoms with Gasteiger partial charge in [-0.3, -0.25) is 4.79 Å². The van der Waals surface area contributed by atoms with Crippen molar-refractivity contribution in [3.05, 3.63) is 23.8 Å². The molecule has 0 aliphatic rings. The summed E-state index contributed by atoms with van der Waals surface area (Å²) in [5.41, 5.74) is 0.415. The first kappa shape index (κ1) is 13.8. The fourth-order valence-electron chi connectivity index (χ4n) is 0.922. The van der Waals surface area contributed by atoms with Crippen LogP contribution in [0.4, 0.5) is 0 Å². The first-order chi connectivity index (χ1) is 6.67. The number of rotatable bonds is 3. The molecule has 0 heterocycles. The second-order valence-electron chi connectivity index (χ2n) is 2.54. The molecule has 0 aliphatic carbocycles. The van der Waals surface area contributed by atoms with Crippen molar-refractivity contribution in [3.63, 3.8) is 0 Å². The maximum Gasteiger partial charge on any atom is 0.306 e. The molecule has 0 radical (unpaired) electrons. The number of hydrogen-bond donors (Lipinski definition) is 0. The summed E-state index contributed by atoms with van der Waals surface area (Å²) >= 11 is 0. The van der Waals surface area contributed by atoms with E-state index in [1.54, 1.807) is 0 Å². The molecule has 76 valence electrons. The van der Waals surface area contributed by atoms with Gasteiger partial charge in [-0.2, -0.15) is 6.07 Å². The summed E-state index contributed by atoms with van der Waals surface area (Å²) < 4.78 is 9.72. The van der Waals surface area contributed by atoms with Gasteiger partial charge in [0.1, 0.15) is 0 Å². The molecule has 0 amide bonds. The van der Waals surface area contributed by atoms with E-state index in [1.165, 1.54) is 26.2 Å². The predicted octanol–water partition coefficient (Wildman–Crippen LogP) is 1.23. The van der Waals surface area contributed by atoms with E-state index in [1.807, 2.05) is 0 Å². The summed E-state index contributed by atoms with van der Waals surface area (Å²) in [5.74, 6) is 0.0359. The van der Waals surface area contributed by atoms with E-state index >= 15 is 0 Å². The Morgan fingerprint density at radius 2 is 2.20 bits per heavy atom. The van der Waals surface area contributed by atoms with Gasteiger partial charge in [-0.25, -0.2) is 0 Å². The molecule has 15 heavy (non-hydrogen) atoms. The van der Waals surface area contributed by atoms with Gasteiger partial charge in [0, 0.05) is 32.2 Å². The van der Waals surface area contributed by atoms with Gasteiger partial charge in [-0.05, 0) is 0 Å². The normalized spacial score (nSPS) is 8.67. The van der Waals surface area contributed by atoms with Crippen molar-refractivity contribution in [2.45, 2.75) is 6.92 Å². The average Bonchev–Trinajstić information content (AvgIpc) is 2.17. The van der Waals surface area contributed by atoms with Crippen molar-refractivity contribution in [2.24, 2.45) is 0 Å². The standard InChI is InChI=1S/C10H9O4.Zn/c1-7(12)14-9-4-3-8(6-11)5-10(9)13-2;/h3,5-6H,1-2H3;/q-1;. The number of methoxy groups -OCH3 is 1. The van der Waals surface area contributed by atoms with Crippen LogP contribution in [-0.2, 0) is 24.3 Å². The van der Waals surface area contributed by atoms with E-state index in [9.17, 15) is 9.59 Å². The molecule has 5 heteroatoms. The third-order valence-corrected chi connectivity index (χ3v) is 1.49. The maximum absolute atomic E-state index is 10.7. The minimum Gasteiger partial charge on any atom is -0.551 e. The minimum atomic E-state index is -0.460. The fourth-order valence-corrected chi connectivity index (χ4v) is 0.922. The van der Waals surface area contributed by atoms with E-state index in [0.29, 0.717) is 17.6 Å². The van der Waals surface area contributed by atoms with Gasteiger partial charge in [-0.1, -0.05) is 5.56 Å². The van der Waals surface area contributed by atoms with Crippen LogP contribution in [0.5, 0.6) is 11.5 Å². The zero-order valence-corrected chi connectivity index (χ0v) is 11.5. The Morgan fingerprint density at radius 3 is 2.67 bits per heavy atom. The second-order valence-corrected chi connectivity index (χ2v) is 2.54. The summed E-state index contributed by atoms with van der Waals surface area (Å²) in [6.45, 7) is 1.28. The third-order valence-electron chi connectivity index (χ3n) is 1.49. The fraction of sp³-hybridized carbons (Fsp3) is 0.200. The molecule has 4 nitrogen and oxygen atoms in total. The molecule has 0 aliphatic heterocycles. The SMILES string of the molecule is COc1cc(C=O)c[c-]c1OC(C)=O.[Zn]. The number of carbonyl (C=O) groups excluding carboxylic acids is 2. The van der Waals surface area contributed by atoms with E-state index in [-0.39, 0.29) is 25.2 Å².